The van der Waals surface area contributed by atoms with Crippen molar-refractivity contribution >= 4 is 0 Å². The third kappa shape index (κ3) is 4.24. The Morgan fingerprint density at radius 1 is 0.927 bits per heavy atom. The first-order valence-electron chi connectivity index (χ1n) is 14.8. The molecule has 224 valence electrons. The van der Waals surface area contributed by atoms with Gasteiger partial charge >= 0.3 is 12.1 Å². The summed E-state index contributed by atoms with van der Waals surface area (Å²) >= 11 is 0. The van der Waals surface area contributed by atoms with E-state index >= 15 is 8.78 Å². The van der Waals surface area contributed by atoms with E-state index in [0.717, 1.165) is 24.8 Å². The molecule has 1 aliphatic heterocycles. The zero-order chi connectivity index (χ0) is 29.6. The Balaban J connectivity index is 1.43. The summed E-state index contributed by atoms with van der Waals surface area (Å²) in [6.45, 7) is 6.93. The molecule has 0 radical (unpaired) electrons. The minimum Gasteiger partial charge on any atom is -0.383 e. The Labute approximate surface area is 238 Å². The van der Waals surface area contributed by atoms with Crippen LogP contribution in [0.15, 0.2) is 35.4 Å². The van der Waals surface area contributed by atoms with Crippen LogP contribution in [-0.2, 0) is 9.47 Å². The lowest BCUT2D eigenvalue weighted by molar-refractivity contribution is -0.362. The van der Waals surface area contributed by atoms with E-state index < -0.39 is 41.2 Å². The molecule has 4 aliphatic carbocycles. The molecule has 4 fully saturated rings. The van der Waals surface area contributed by atoms with E-state index in [1.165, 1.54) is 18.1 Å². The molecule has 6 atom stereocenters. The Morgan fingerprint density at radius 2 is 1.59 bits per heavy atom. The molecule has 5 aliphatic rings. The molecule has 41 heavy (non-hydrogen) atoms. The Morgan fingerprint density at radius 3 is 2.20 bits per heavy atom. The van der Waals surface area contributed by atoms with Gasteiger partial charge in [0.2, 0.25) is 0 Å². The number of benzene rings is 1. The second-order valence-electron chi connectivity index (χ2n) is 14.2. The average molecular weight is 579 g/mol. The van der Waals surface area contributed by atoms with Gasteiger partial charge in [0.1, 0.15) is 5.60 Å². The van der Waals surface area contributed by atoms with Crippen LogP contribution >= 0.6 is 0 Å². The quantitative estimate of drug-likeness (QED) is 0.221. The lowest BCUT2D eigenvalue weighted by Crippen LogP contribution is -2.65. The van der Waals surface area contributed by atoms with E-state index in [0.29, 0.717) is 31.6 Å². The molecule has 0 bridgehead atoms. The summed E-state index contributed by atoms with van der Waals surface area (Å²) < 4.78 is 84.4. The number of aliphatic hydroxyl groups is 1. The maximum Gasteiger partial charge on any atom is 0.456 e. The van der Waals surface area contributed by atoms with E-state index in [1.54, 1.807) is 12.1 Å². The van der Waals surface area contributed by atoms with Crippen LogP contribution in [0.3, 0.4) is 0 Å². The fourth-order valence-electron chi connectivity index (χ4n) is 9.09. The van der Waals surface area contributed by atoms with E-state index in [-0.39, 0.29) is 36.0 Å². The van der Waals surface area contributed by atoms with Gasteiger partial charge in [0.15, 0.2) is 5.79 Å². The van der Waals surface area contributed by atoms with Gasteiger partial charge < -0.3 is 14.6 Å². The smallest absolute Gasteiger partial charge is 0.383 e. The lowest BCUT2D eigenvalue weighted by atomic mass is 9.49. The van der Waals surface area contributed by atoms with Crippen molar-refractivity contribution in [2.45, 2.75) is 102 Å². The predicted molar refractivity (Wildman–Crippen MR) is 144 cm³/mol. The Kier molecular flexibility index (Phi) is 6.59. The minimum atomic E-state index is -5.84. The van der Waals surface area contributed by atoms with E-state index in [9.17, 15) is 18.3 Å². The van der Waals surface area contributed by atoms with Gasteiger partial charge in [0.05, 0.1) is 13.2 Å². The molecule has 1 saturated heterocycles. The summed E-state index contributed by atoms with van der Waals surface area (Å²) in [5.74, 6) is -4.09. The molecule has 1 aromatic carbocycles. The van der Waals surface area contributed by atoms with Crippen LogP contribution in [-0.4, -0.2) is 41.8 Å². The van der Waals surface area contributed by atoms with Crippen molar-refractivity contribution < 1.29 is 36.5 Å². The summed E-state index contributed by atoms with van der Waals surface area (Å²) in [6, 6.07) is 7.31. The summed E-state index contributed by atoms with van der Waals surface area (Å²) in [5, 5.41) is 11.4. The predicted octanol–water partition coefficient (Wildman–Crippen LogP) is 7.78. The van der Waals surface area contributed by atoms with Crippen molar-refractivity contribution in [2.24, 2.45) is 28.6 Å². The molecule has 0 amide bonds. The first kappa shape index (κ1) is 29.1. The van der Waals surface area contributed by atoms with Gasteiger partial charge in [-0.15, -0.1) is 6.42 Å². The van der Waals surface area contributed by atoms with Crippen LogP contribution in [0.5, 0.6) is 0 Å². The second kappa shape index (κ2) is 9.27. The number of terminal acetylenes is 1. The largest absolute Gasteiger partial charge is 0.456 e. The van der Waals surface area contributed by atoms with Crippen molar-refractivity contribution in [3.8, 4) is 12.3 Å². The molecular weight excluding hydrogens is 539 g/mol. The molecule has 3 saturated carbocycles. The summed E-state index contributed by atoms with van der Waals surface area (Å²) in [5.41, 5.74) is -0.880. The highest BCUT2D eigenvalue weighted by Crippen LogP contribution is 2.71. The Bertz CT molecular complexity index is 1270. The van der Waals surface area contributed by atoms with Crippen molar-refractivity contribution in [2.75, 3.05) is 13.2 Å². The number of halogens is 5. The SMILES string of the molecule is C#Cc1ccc([C@H]2CC3(C)C(CCC3(O)C(F)(F)C(F)(F)F)C3CCC4CC5(CCC4=C32)OCC(C)(C)CO5)cc1. The van der Waals surface area contributed by atoms with Crippen molar-refractivity contribution in [3.63, 3.8) is 0 Å². The fourth-order valence-corrected chi connectivity index (χ4v) is 9.09. The molecule has 1 spiro atoms. The number of hydrogen-bond acceptors (Lipinski definition) is 3. The molecule has 3 nitrogen and oxygen atoms in total. The van der Waals surface area contributed by atoms with Crippen molar-refractivity contribution in [3.05, 3.63) is 46.5 Å². The first-order chi connectivity index (χ1) is 19.1. The van der Waals surface area contributed by atoms with Crippen LogP contribution in [0.25, 0.3) is 0 Å². The van der Waals surface area contributed by atoms with Crippen LogP contribution in [0.2, 0.25) is 0 Å². The molecule has 1 N–H and O–H groups in total. The zero-order valence-electron chi connectivity index (χ0n) is 23.9. The first-order valence-corrected chi connectivity index (χ1v) is 14.8. The molecule has 5 unspecified atom stereocenters. The van der Waals surface area contributed by atoms with Crippen LogP contribution < -0.4 is 0 Å². The highest BCUT2D eigenvalue weighted by Gasteiger charge is 2.79. The molecule has 8 heteroatoms. The Hall–Kier alpha value is -1.95. The molecule has 1 aromatic rings. The highest BCUT2D eigenvalue weighted by atomic mass is 19.4. The maximum absolute atomic E-state index is 15.2. The van der Waals surface area contributed by atoms with Crippen molar-refractivity contribution in [1.82, 2.24) is 0 Å². The summed E-state index contributed by atoms with van der Waals surface area (Å²) in [7, 11) is 0. The lowest BCUT2D eigenvalue weighted by Gasteiger charge is -2.57. The molecule has 1 heterocycles. The third-order valence-corrected chi connectivity index (χ3v) is 11.3. The van der Waals surface area contributed by atoms with Crippen molar-refractivity contribution in [1.29, 1.82) is 0 Å². The second-order valence-corrected chi connectivity index (χ2v) is 14.2. The van der Waals surface area contributed by atoms with Gasteiger partial charge in [-0.05, 0) is 74.0 Å². The van der Waals surface area contributed by atoms with Crippen LogP contribution in [0.1, 0.15) is 89.2 Å². The maximum atomic E-state index is 15.2. The van der Waals surface area contributed by atoms with Gasteiger partial charge in [-0.2, -0.15) is 22.0 Å². The van der Waals surface area contributed by atoms with Crippen LogP contribution in [0.4, 0.5) is 22.0 Å². The number of alkyl halides is 5. The molecule has 0 aromatic heterocycles. The average Bonchev–Trinajstić information content (AvgIpc) is 3.21. The van der Waals surface area contributed by atoms with E-state index in [4.69, 9.17) is 15.9 Å². The number of fused-ring (bicyclic) bond motifs is 4. The van der Waals surface area contributed by atoms with E-state index in [1.807, 2.05) is 12.1 Å². The number of ether oxygens (including phenoxy) is 2. The molecular formula is C33H39F5O3. The third-order valence-electron chi connectivity index (χ3n) is 11.3. The standard InChI is InChI=1S/C33H39F5O3/c1-5-20-6-8-21(9-7-20)25-17-29(4)26(13-15-31(29,39)32(34,35)33(36,37)38)24-11-10-22-16-30(14-12-23(22)27(24)25)40-18-28(2,3)19-41-30/h1,6-9,22,24-26,39H,10-19H2,2-4H3/t22?,24?,25-,26?,29?,31?/m1/s1. The summed E-state index contributed by atoms with van der Waals surface area (Å²) in [4.78, 5) is 0. The monoisotopic (exact) mass is 578 g/mol. The highest BCUT2D eigenvalue weighted by molar-refractivity contribution is 5.44. The van der Waals surface area contributed by atoms with E-state index in [2.05, 4.69) is 19.8 Å². The molecule has 6 rings (SSSR count). The normalized spacial score (nSPS) is 38.1. The van der Waals surface area contributed by atoms with Crippen LogP contribution in [0, 0.1) is 40.9 Å². The van der Waals surface area contributed by atoms with Gasteiger partial charge in [-0.25, -0.2) is 0 Å². The van der Waals surface area contributed by atoms with Gasteiger partial charge in [-0.1, -0.05) is 50.0 Å². The number of hydrogen-bond donors (Lipinski definition) is 1. The topological polar surface area (TPSA) is 38.7 Å². The van der Waals surface area contributed by atoms with Gasteiger partial charge in [0.25, 0.3) is 0 Å². The van der Waals surface area contributed by atoms with Gasteiger partial charge in [0, 0.05) is 35.2 Å². The summed E-state index contributed by atoms with van der Waals surface area (Å²) in [6.07, 6.45) is 2.92. The fraction of sp³-hybridized carbons (Fsp3) is 0.697. The number of allylic oxidation sites excluding steroid dienone is 2. The zero-order valence-corrected chi connectivity index (χ0v) is 23.9. The minimum absolute atomic E-state index is 0.0175. The number of rotatable bonds is 2. The van der Waals surface area contributed by atoms with Gasteiger partial charge in [-0.3, -0.25) is 0 Å².